The van der Waals surface area contributed by atoms with Crippen molar-refractivity contribution in [3.63, 3.8) is 0 Å². The van der Waals surface area contributed by atoms with Crippen LogP contribution in [0.3, 0.4) is 0 Å². The van der Waals surface area contributed by atoms with Crippen LogP contribution in [0.5, 0.6) is 0 Å². The Morgan fingerprint density at radius 2 is 2.05 bits per heavy atom. The van der Waals surface area contributed by atoms with Crippen LogP contribution in [0.4, 0.5) is 0 Å². The van der Waals surface area contributed by atoms with Crippen LogP contribution in [0.2, 0.25) is 0 Å². The second-order valence-corrected chi connectivity index (χ2v) is 7.18. The van der Waals surface area contributed by atoms with E-state index in [4.69, 9.17) is 0 Å². The van der Waals surface area contributed by atoms with E-state index in [9.17, 15) is 0 Å². The van der Waals surface area contributed by atoms with Gasteiger partial charge in [-0.25, -0.2) is 4.98 Å². The number of aryl methyl sites for hydroxylation is 1. The molecule has 0 bridgehead atoms. The zero-order valence-corrected chi connectivity index (χ0v) is 14.2. The Balaban J connectivity index is 2.17. The third-order valence-corrected chi connectivity index (χ3v) is 4.99. The maximum atomic E-state index is 4.46. The number of nitrogens with zero attached hydrogens (tertiary/aromatic N) is 3. The fourth-order valence-electron chi connectivity index (χ4n) is 4.10. The van der Waals surface area contributed by atoms with Gasteiger partial charge in [-0.3, -0.25) is 4.68 Å². The van der Waals surface area contributed by atoms with E-state index in [2.05, 4.69) is 36.2 Å². The van der Waals surface area contributed by atoms with Crippen molar-refractivity contribution in [3.05, 3.63) is 12.2 Å². The van der Waals surface area contributed by atoms with Crippen LogP contribution >= 0.6 is 0 Å². The molecule has 1 N–H and O–H groups in total. The maximum absolute atomic E-state index is 4.46. The molecule has 0 amide bonds. The molecule has 21 heavy (non-hydrogen) atoms. The Labute approximate surface area is 129 Å². The molecule has 0 aliphatic heterocycles. The molecule has 1 heterocycles. The molecule has 1 aromatic rings. The molecular weight excluding hydrogens is 260 g/mol. The molecule has 1 unspecified atom stereocenters. The fourth-order valence-corrected chi connectivity index (χ4v) is 4.10. The van der Waals surface area contributed by atoms with Crippen LogP contribution in [-0.2, 0) is 13.5 Å². The van der Waals surface area contributed by atoms with E-state index in [-0.39, 0.29) is 0 Å². The van der Waals surface area contributed by atoms with Crippen molar-refractivity contribution >= 4 is 0 Å². The highest BCUT2D eigenvalue weighted by Gasteiger charge is 2.41. The van der Waals surface area contributed by atoms with Gasteiger partial charge in [0.15, 0.2) is 0 Å². The molecule has 1 fully saturated rings. The van der Waals surface area contributed by atoms with Crippen LogP contribution in [0.25, 0.3) is 0 Å². The second-order valence-electron chi connectivity index (χ2n) is 7.18. The predicted molar refractivity (Wildman–Crippen MR) is 87.1 cm³/mol. The van der Waals surface area contributed by atoms with Gasteiger partial charge in [0.05, 0.1) is 0 Å². The lowest BCUT2D eigenvalue weighted by molar-refractivity contribution is 0.151. The summed E-state index contributed by atoms with van der Waals surface area (Å²) in [4.78, 5) is 4.46. The van der Waals surface area contributed by atoms with Crippen molar-refractivity contribution in [2.45, 2.75) is 71.8 Å². The van der Waals surface area contributed by atoms with E-state index in [0.717, 1.165) is 24.7 Å². The first-order chi connectivity index (χ1) is 10.1. The van der Waals surface area contributed by atoms with Crippen LogP contribution in [-0.4, -0.2) is 27.4 Å². The zero-order chi connectivity index (χ0) is 15.3. The minimum atomic E-state index is 0.454. The van der Waals surface area contributed by atoms with Gasteiger partial charge in [0, 0.05) is 19.5 Å². The lowest BCUT2D eigenvalue weighted by atomic mass is 9.71. The average molecular weight is 292 g/mol. The molecule has 4 heteroatoms. The summed E-state index contributed by atoms with van der Waals surface area (Å²) in [5, 5.41) is 8.08. The first-order valence-corrected chi connectivity index (χ1v) is 8.63. The monoisotopic (exact) mass is 292 g/mol. The van der Waals surface area contributed by atoms with Gasteiger partial charge in [0.2, 0.25) is 0 Å². The first kappa shape index (κ1) is 16.5. The van der Waals surface area contributed by atoms with E-state index in [0.29, 0.717) is 11.5 Å². The molecule has 0 spiro atoms. The van der Waals surface area contributed by atoms with Crippen LogP contribution in [0.1, 0.15) is 65.1 Å². The minimum absolute atomic E-state index is 0.454. The topological polar surface area (TPSA) is 42.7 Å². The van der Waals surface area contributed by atoms with Crippen LogP contribution in [0, 0.1) is 11.3 Å². The Kier molecular flexibility index (Phi) is 5.80. The molecule has 4 nitrogen and oxygen atoms in total. The van der Waals surface area contributed by atoms with Crippen molar-refractivity contribution in [1.82, 2.24) is 20.1 Å². The van der Waals surface area contributed by atoms with Crippen molar-refractivity contribution in [2.75, 3.05) is 6.54 Å². The van der Waals surface area contributed by atoms with E-state index < -0.39 is 0 Å². The predicted octanol–water partition coefficient (Wildman–Crippen LogP) is 3.33. The van der Waals surface area contributed by atoms with Crippen molar-refractivity contribution < 1.29 is 0 Å². The van der Waals surface area contributed by atoms with Crippen molar-refractivity contribution in [3.8, 4) is 0 Å². The molecule has 0 saturated heterocycles. The van der Waals surface area contributed by atoms with Crippen LogP contribution < -0.4 is 5.32 Å². The summed E-state index contributed by atoms with van der Waals surface area (Å²) in [6, 6.07) is 0.533. The van der Waals surface area contributed by atoms with Gasteiger partial charge in [-0.1, -0.05) is 33.6 Å². The molecule has 1 aromatic heterocycles. The summed E-state index contributed by atoms with van der Waals surface area (Å²) in [6.07, 6.45) is 10.7. The summed E-state index contributed by atoms with van der Waals surface area (Å²) in [5.41, 5.74) is 0.454. The Bertz CT molecular complexity index is 418. The highest BCUT2D eigenvalue weighted by Crippen LogP contribution is 2.46. The number of hydrogen-bond donors (Lipinski definition) is 1. The number of hydrogen-bond acceptors (Lipinski definition) is 3. The van der Waals surface area contributed by atoms with E-state index in [1.807, 2.05) is 11.7 Å². The highest BCUT2D eigenvalue weighted by atomic mass is 15.3. The highest BCUT2D eigenvalue weighted by molar-refractivity contribution is 5.00. The standard InChI is InChI=1S/C17H32N4/c1-5-10-18-15(11-16-19-13-20-21(16)4)17(12-14(2)3)8-6-7-9-17/h13-15,18H,5-12H2,1-4H3. The number of aromatic nitrogens is 3. The SMILES string of the molecule is CCCNC(Cc1ncnn1C)C1(CC(C)C)CCCC1. The Morgan fingerprint density at radius 3 is 2.57 bits per heavy atom. The molecule has 1 aliphatic carbocycles. The third-order valence-electron chi connectivity index (χ3n) is 4.99. The normalized spacial score (nSPS) is 19.3. The third kappa shape index (κ3) is 4.06. The molecular formula is C17H32N4. The fraction of sp³-hybridized carbons (Fsp3) is 0.882. The van der Waals surface area contributed by atoms with Crippen molar-refractivity contribution in [2.24, 2.45) is 18.4 Å². The molecule has 1 atom stereocenters. The van der Waals surface area contributed by atoms with Gasteiger partial charge in [0.1, 0.15) is 12.2 Å². The molecule has 120 valence electrons. The summed E-state index contributed by atoms with van der Waals surface area (Å²) < 4.78 is 1.93. The lowest BCUT2D eigenvalue weighted by Gasteiger charge is -2.40. The maximum Gasteiger partial charge on any atom is 0.138 e. The lowest BCUT2D eigenvalue weighted by Crippen LogP contribution is -2.47. The van der Waals surface area contributed by atoms with E-state index >= 15 is 0 Å². The van der Waals surface area contributed by atoms with Gasteiger partial charge in [-0.2, -0.15) is 5.10 Å². The van der Waals surface area contributed by atoms with Gasteiger partial charge < -0.3 is 5.32 Å². The summed E-state index contributed by atoms with van der Waals surface area (Å²) in [7, 11) is 2.00. The Morgan fingerprint density at radius 1 is 1.33 bits per heavy atom. The first-order valence-electron chi connectivity index (χ1n) is 8.63. The molecule has 1 saturated carbocycles. The molecule has 0 aromatic carbocycles. The smallest absolute Gasteiger partial charge is 0.138 e. The van der Waals surface area contributed by atoms with Gasteiger partial charge in [0.25, 0.3) is 0 Å². The molecule has 0 radical (unpaired) electrons. The quantitative estimate of drug-likeness (QED) is 0.799. The summed E-state index contributed by atoms with van der Waals surface area (Å²) in [6.45, 7) is 8.07. The molecule has 1 aliphatic rings. The van der Waals surface area contributed by atoms with E-state index in [1.165, 1.54) is 38.5 Å². The number of rotatable bonds is 8. The average Bonchev–Trinajstić information content (AvgIpc) is 3.04. The second kappa shape index (κ2) is 7.39. The van der Waals surface area contributed by atoms with Gasteiger partial charge in [-0.15, -0.1) is 0 Å². The van der Waals surface area contributed by atoms with E-state index in [1.54, 1.807) is 6.33 Å². The Hall–Kier alpha value is -0.900. The zero-order valence-electron chi connectivity index (χ0n) is 14.2. The molecule has 2 rings (SSSR count). The minimum Gasteiger partial charge on any atom is -0.313 e. The van der Waals surface area contributed by atoms with Gasteiger partial charge >= 0.3 is 0 Å². The van der Waals surface area contributed by atoms with Crippen molar-refractivity contribution in [1.29, 1.82) is 0 Å². The van der Waals surface area contributed by atoms with Crippen LogP contribution in [0.15, 0.2) is 6.33 Å². The summed E-state index contributed by atoms with van der Waals surface area (Å²) >= 11 is 0. The number of nitrogens with one attached hydrogen (secondary N) is 1. The van der Waals surface area contributed by atoms with Gasteiger partial charge in [-0.05, 0) is 43.6 Å². The largest absolute Gasteiger partial charge is 0.313 e. The summed E-state index contributed by atoms with van der Waals surface area (Å²) in [5.74, 6) is 1.87.